The first-order valence-corrected chi connectivity index (χ1v) is 11.0. The number of ether oxygens (including phenoxy) is 1. The fraction of sp³-hybridized carbons (Fsp3) is 0.824. The highest BCUT2D eigenvalue weighted by Gasteiger charge is 2.36. The van der Waals surface area contributed by atoms with E-state index in [1.165, 1.54) is 16.7 Å². The van der Waals surface area contributed by atoms with Gasteiger partial charge in [0.05, 0.1) is 11.5 Å². The highest BCUT2D eigenvalue weighted by atomic mass is 32.2. The van der Waals surface area contributed by atoms with E-state index in [0.29, 0.717) is 25.9 Å². The molecule has 0 radical (unpaired) electrons. The predicted octanol–water partition coefficient (Wildman–Crippen LogP) is 0.356. The fourth-order valence-electron chi connectivity index (χ4n) is 3.50. The summed E-state index contributed by atoms with van der Waals surface area (Å²) in [5.74, 6) is -1.05. The molecule has 2 rings (SSSR count). The molecule has 2 atom stereocenters. The lowest BCUT2D eigenvalue weighted by Crippen LogP contribution is -2.47. The van der Waals surface area contributed by atoms with Crippen LogP contribution in [0.15, 0.2) is 0 Å². The summed E-state index contributed by atoms with van der Waals surface area (Å²) in [6, 6.07) is -0.370. The highest BCUT2D eigenvalue weighted by Crippen LogP contribution is 2.19. The fourth-order valence-corrected chi connectivity index (χ4v) is 5.23. The molecule has 9 heteroatoms. The third-order valence-electron chi connectivity index (χ3n) is 4.92. The van der Waals surface area contributed by atoms with Crippen LogP contribution in [0.1, 0.15) is 46.0 Å². The van der Waals surface area contributed by atoms with Crippen LogP contribution in [0.3, 0.4) is 0 Å². The van der Waals surface area contributed by atoms with E-state index in [-0.39, 0.29) is 30.0 Å². The maximum absolute atomic E-state index is 12.6. The number of carbonyl (C=O) groups excluding carboxylic acids is 3. The molecule has 2 saturated heterocycles. The zero-order valence-corrected chi connectivity index (χ0v) is 16.3. The van der Waals surface area contributed by atoms with Crippen LogP contribution in [0.4, 0.5) is 0 Å². The Morgan fingerprint density at radius 2 is 2.04 bits per heavy atom. The number of nitrogens with zero attached hydrogens (tertiary/aromatic N) is 2. The molecule has 0 aromatic carbocycles. The maximum atomic E-state index is 12.6. The van der Waals surface area contributed by atoms with E-state index < -0.39 is 27.8 Å². The lowest BCUT2D eigenvalue weighted by molar-refractivity contribution is -0.162. The normalized spacial score (nSPS) is 24.0. The number of carbonyl (C=O) groups is 3. The molecule has 2 amide bonds. The van der Waals surface area contributed by atoms with Gasteiger partial charge in [-0.2, -0.15) is 0 Å². The van der Waals surface area contributed by atoms with Crippen LogP contribution in [-0.2, 0) is 29.0 Å². The topological polar surface area (TPSA) is 101 Å². The quantitative estimate of drug-likeness (QED) is 0.609. The minimum atomic E-state index is -3.11. The second-order valence-corrected chi connectivity index (χ2v) is 9.17. The van der Waals surface area contributed by atoms with E-state index in [2.05, 4.69) is 0 Å². The van der Waals surface area contributed by atoms with E-state index in [4.69, 9.17) is 4.74 Å². The zero-order chi connectivity index (χ0) is 19.3. The predicted molar refractivity (Wildman–Crippen MR) is 95.0 cm³/mol. The Labute approximate surface area is 154 Å². The SMILES string of the molecule is CCN(C(=O)C(C)OC(=O)CN1CCCCCC1=O)C1CCS(=O)(=O)C1. The standard InChI is InChI=1S/C17H28N2O6S/c1-3-19(14-8-10-26(23,24)12-14)17(22)13(2)25-16(21)11-18-9-6-4-5-7-15(18)20/h13-14H,3-12H2,1-2H3. The molecular weight excluding hydrogens is 360 g/mol. The van der Waals surface area contributed by atoms with Gasteiger partial charge in [0, 0.05) is 25.6 Å². The summed E-state index contributed by atoms with van der Waals surface area (Å²) >= 11 is 0. The van der Waals surface area contributed by atoms with Gasteiger partial charge in [0.2, 0.25) is 5.91 Å². The first-order chi connectivity index (χ1) is 12.2. The summed E-state index contributed by atoms with van der Waals surface area (Å²) in [6.07, 6.45) is 2.48. The van der Waals surface area contributed by atoms with Crippen molar-refractivity contribution in [1.82, 2.24) is 9.80 Å². The van der Waals surface area contributed by atoms with Crippen molar-refractivity contribution >= 4 is 27.6 Å². The van der Waals surface area contributed by atoms with Crippen molar-refractivity contribution < 1.29 is 27.5 Å². The molecule has 0 saturated carbocycles. The molecular formula is C17H28N2O6S. The molecule has 2 aliphatic rings. The van der Waals surface area contributed by atoms with Crippen molar-refractivity contribution in [3.63, 3.8) is 0 Å². The Bertz CT molecular complexity index is 648. The molecule has 148 valence electrons. The van der Waals surface area contributed by atoms with E-state index in [9.17, 15) is 22.8 Å². The molecule has 2 fully saturated rings. The van der Waals surface area contributed by atoms with Crippen molar-refractivity contribution in [3.05, 3.63) is 0 Å². The van der Waals surface area contributed by atoms with Crippen LogP contribution in [0, 0.1) is 0 Å². The van der Waals surface area contributed by atoms with Gasteiger partial charge in [-0.3, -0.25) is 14.4 Å². The van der Waals surface area contributed by atoms with Gasteiger partial charge in [0.25, 0.3) is 5.91 Å². The van der Waals surface area contributed by atoms with E-state index in [1.54, 1.807) is 6.92 Å². The smallest absolute Gasteiger partial charge is 0.326 e. The number of hydrogen-bond donors (Lipinski definition) is 0. The minimum Gasteiger partial charge on any atom is -0.451 e. The summed E-state index contributed by atoms with van der Waals surface area (Å²) in [7, 11) is -3.11. The Morgan fingerprint density at radius 3 is 2.65 bits per heavy atom. The molecule has 2 heterocycles. The molecule has 0 N–H and O–H groups in total. The van der Waals surface area contributed by atoms with Crippen LogP contribution in [0.5, 0.6) is 0 Å². The summed E-state index contributed by atoms with van der Waals surface area (Å²) in [4.78, 5) is 39.6. The number of amides is 2. The van der Waals surface area contributed by atoms with Gasteiger partial charge in [-0.25, -0.2) is 8.42 Å². The number of hydrogen-bond acceptors (Lipinski definition) is 6. The molecule has 2 unspecified atom stereocenters. The van der Waals surface area contributed by atoms with Crippen molar-refractivity contribution in [2.45, 2.75) is 58.1 Å². The Hall–Kier alpha value is -1.64. The monoisotopic (exact) mass is 388 g/mol. The summed E-state index contributed by atoms with van der Waals surface area (Å²) < 4.78 is 28.5. The summed E-state index contributed by atoms with van der Waals surface area (Å²) in [5, 5.41) is 0. The van der Waals surface area contributed by atoms with Crippen LogP contribution >= 0.6 is 0 Å². The Kier molecular flexibility index (Phi) is 7.02. The summed E-state index contributed by atoms with van der Waals surface area (Å²) in [6.45, 7) is 3.98. The van der Waals surface area contributed by atoms with Crippen LogP contribution in [-0.4, -0.2) is 79.3 Å². The summed E-state index contributed by atoms with van der Waals surface area (Å²) in [5.41, 5.74) is 0. The molecule has 0 bridgehead atoms. The first kappa shape index (κ1) is 20.7. The van der Waals surface area contributed by atoms with Gasteiger partial charge < -0.3 is 14.5 Å². The second-order valence-electron chi connectivity index (χ2n) is 6.94. The van der Waals surface area contributed by atoms with Gasteiger partial charge in [-0.15, -0.1) is 0 Å². The van der Waals surface area contributed by atoms with Crippen molar-refractivity contribution in [3.8, 4) is 0 Å². The van der Waals surface area contributed by atoms with Gasteiger partial charge in [-0.1, -0.05) is 6.42 Å². The van der Waals surface area contributed by atoms with Crippen LogP contribution < -0.4 is 0 Å². The number of likely N-dealkylation sites (tertiary alicyclic amines) is 1. The zero-order valence-electron chi connectivity index (χ0n) is 15.5. The van der Waals surface area contributed by atoms with Gasteiger partial charge in [0.1, 0.15) is 6.54 Å². The second kappa shape index (κ2) is 8.83. The molecule has 0 aliphatic carbocycles. The van der Waals surface area contributed by atoms with Crippen LogP contribution in [0.2, 0.25) is 0 Å². The lowest BCUT2D eigenvalue weighted by Gasteiger charge is -2.29. The maximum Gasteiger partial charge on any atom is 0.326 e. The third kappa shape index (κ3) is 5.43. The molecule has 0 aromatic rings. The van der Waals surface area contributed by atoms with Crippen molar-refractivity contribution in [2.24, 2.45) is 0 Å². The average molecular weight is 388 g/mol. The van der Waals surface area contributed by atoms with Crippen molar-refractivity contribution in [2.75, 3.05) is 31.1 Å². The number of esters is 1. The van der Waals surface area contributed by atoms with E-state index >= 15 is 0 Å². The van der Waals surface area contributed by atoms with Crippen molar-refractivity contribution in [1.29, 1.82) is 0 Å². The lowest BCUT2D eigenvalue weighted by atomic mass is 10.2. The van der Waals surface area contributed by atoms with E-state index in [0.717, 1.165) is 19.3 Å². The molecule has 0 aromatic heterocycles. The first-order valence-electron chi connectivity index (χ1n) is 9.21. The molecule has 2 aliphatic heterocycles. The molecule has 26 heavy (non-hydrogen) atoms. The minimum absolute atomic E-state index is 0.0461. The third-order valence-corrected chi connectivity index (χ3v) is 6.67. The number of likely N-dealkylation sites (N-methyl/N-ethyl adjacent to an activating group) is 1. The largest absolute Gasteiger partial charge is 0.451 e. The Balaban J connectivity index is 1.90. The number of sulfone groups is 1. The number of rotatable bonds is 6. The van der Waals surface area contributed by atoms with E-state index in [1.807, 2.05) is 0 Å². The Morgan fingerprint density at radius 1 is 1.31 bits per heavy atom. The van der Waals surface area contributed by atoms with Gasteiger partial charge >= 0.3 is 5.97 Å². The van der Waals surface area contributed by atoms with Gasteiger partial charge in [0.15, 0.2) is 15.9 Å². The molecule has 0 spiro atoms. The van der Waals surface area contributed by atoms with Crippen LogP contribution in [0.25, 0.3) is 0 Å². The molecule has 8 nitrogen and oxygen atoms in total. The average Bonchev–Trinajstić information content (AvgIpc) is 2.80. The van der Waals surface area contributed by atoms with Gasteiger partial charge in [-0.05, 0) is 33.1 Å². The highest BCUT2D eigenvalue weighted by molar-refractivity contribution is 7.91.